The predicted octanol–water partition coefficient (Wildman–Crippen LogP) is 2.86. The number of guanidine groups is 1. The summed E-state index contributed by atoms with van der Waals surface area (Å²) < 4.78 is 19.0. The molecule has 140 valence electrons. The second-order valence-electron chi connectivity index (χ2n) is 6.17. The molecule has 1 aromatic heterocycles. The van der Waals surface area contributed by atoms with Crippen LogP contribution in [0, 0.1) is 5.82 Å². The third-order valence-corrected chi connectivity index (χ3v) is 4.92. The van der Waals surface area contributed by atoms with Gasteiger partial charge in [-0.1, -0.05) is 11.2 Å². The fourth-order valence-corrected chi connectivity index (χ4v) is 3.14. The molecule has 3 rings (SSSR count). The predicted molar refractivity (Wildman–Crippen MR) is 102 cm³/mol. The summed E-state index contributed by atoms with van der Waals surface area (Å²) in [5.74, 6) is 0.612. The maximum absolute atomic E-state index is 13.7. The van der Waals surface area contributed by atoms with E-state index >= 15 is 0 Å². The Balaban J connectivity index is 1.58. The van der Waals surface area contributed by atoms with Gasteiger partial charge in [0, 0.05) is 45.3 Å². The van der Waals surface area contributed by atoms with E-state index in [0.717, 1.165) is 56.5 Å². The number of piperazine rings is 1. The Morgan fingerprint density at radius 2 is 2.12 bits per heavy atom. The van der Waals surface area contributed by atoms with Crippen LogP contribution in [0.3, 0.4) is 0 Å². The minimum atomic E-state index is -0.260. The monoisotopic (exact) mass is 423 g/mol. The van der Waals surface area contributed by atoms with Crippen molar-refractivity contribution in [3.8, 4) is 0 Å². The van der Waals surface area contributed by atoms with E-state index in [1.165, 1.54) is 6.07 Å². The molecule has 0 spiro atoms. The highest BCUT2D eigenvalue weighted by Crippen LogP contribution is 2.17. The zero-order valence-electron chi connectivity index (χ0n) is 14.8. The van der Waals surface area contributed by atoms with E-state index in [-0.39, 0.29) is 5.82 Å². The molecule has 6 nitrogen and oxygen atoms in total. The Hall–Kier alpha value is -1.93. The number of hydrogen-bond donors (Lipinski definition) is 1. The molecule has 1 fully saturated rings. The topological polar surface area (TPSA) is 56.9 Å². The number of aliphatic imine (C=N–C) groups is 1. The molecule has 1 aliphatic rings. The minimum absolute atomic E-state index is 0.260. The molecule has 8 heteroatoms. The van der Waals surface area contributed by atoms with Crippen molar-refractivity contribution in [1.82, 2.24) is 20.3 Å². The molecule has 0 amide bonds. The minimum Gasteiger partial charge on any atom is -0.364 e. The van der Waals surface area contributed by atoms with Gasteiger partial charge in [-0.3, -0.25) is 4.90 Å². The van der Waals surface area contributed by atoms with E-state index < -0.39 is 0 Å². The maximum atomic E-state index is 13.7. The number of hydrogen-bond acceptors (Lipinski definition) is 4. The normalized spacial score (nSPS) is 16.1. The average Bonchev–Trinajstić information content (AvgIpc) is 3.15. The zero-order chi connectivity index (χ0) is 18.4. The fraction of sp³-hybridized carbons (Fsp3) is 0.444. The molecule has 1 N–H and O–H groups in total. The maximum Gasteiger partial charge on any atom is 0.194 e. The van der Waals surface area contributed by atoms with Gasteiger partial charge in [0.15, 0.2) is 5.96 Å². The van der Waals surface area contributed by atoms with Gasteiger partial charge in [0.25, 0.3) is 0 Å². The first kappa shape index (κ1) is 18.8. The summed E-state index contributed by atoms with van der Waals surface area (Å²) in [5.41, 5.74) is 1.81. The van der Waals surface area contributed by atoms with Gasteiger partial charge in [0.2, 0.25) is 0 Å². The van der Waals surface area contributed by atoms with Gasteiger partial charge in [-0.15, -0.1) is 0 Å². The van der Waals surface area contributed by atoms with Gasteiger partial charge in [-0.2, -0.15) is 0 Å². The fourth-order valence-electron chi connectivity index (χ4n) is 2.90. The number of aromatic nitrogens is 1. The van der Waals surface area contributed by atoms with E-state index in [2.05, 4.69) is 48.1 Å². The van der Waals surface area contributed by atoms with Crippen molar-refractivity contribution in [2.75, 3.05) is 32.7 Å². The number of rotatable bonds is 5. The van der Waals surface area contributed by atoms with Gasteiger partial charge in [0.05, 0.1) is 16.7 Å². The lowest BCUT2D eigenvalue weighted by Gasteiger charge is -2.36. The van der Waals surface area contributed by atoms with E-state index in [9.17, 15) is 4.39 Å². The molecule has 1 saturated heterocycles. The average molecular weight is 424 g/mol. The van der Waals surface area contributed by atoms with Crippen LogP contribution in [-0.2, 0) is 13.1 Å². The molecule has 0 bridgehead atoms. The lowest BCUT2D eigenvalue weighted by atomic mass is 10.2. The zero-order valence-corrected chi connectivity index (χ0v) is 16.4. The Morgan fingerprint density at radius 3 is 2.77 bits per heavy atom. The van der Waals surface area contributed by atoms with Crippen LogP contribution in [0.25, 0.3) is 0 Å². The lowest BCUT2D eigenvalue weighted by molar-refractivity contribution is 0.169. The van der Waals surface area contributed by atoms with Crippen molar-refractivity contribution < 1.29 is 8.91 Å². The van der Waals surface area contributed by atoms with Crippen LogP contribution in [0.5, 0.6) is 0 Å². The molecule has 2 heterocycles. The second-order valence-corrected chi connectivity index (χ2v) is 7.03. The molecule has 0 aliphatic carbocycles. The van der Waals surface area contributed by atoms with Crippen molar-refractivity contribution in [3.63, 3.8) is 0 Å². The summed E-state index contributed by atoms with van der Waals surface area (Å²) in [4.78, 5) is 9.28. The lowest BCUT2D eigenvalue weighted by Crippen LogP contribution is -2.52. The molecule has 0 radical (unpaired) electrons. The molecule has 1 aromatic carbocycles. The highest BCUT2D eigenvalue weighted by atomic mass is 79.9. The number of halogens is 2. The van der Waals surface area contributed by atoms with Gasteiger partial charge < -0.3 is 14.7 Å². The molecule has 0 unspecified atom stereocenters. The molecule has 1 aliphatic heterocycles. The largest absolute Gasteiger partial charge is 0.364 e. The van der Waals surface area contributed by atoms with Gasteiger partial charge in [-0.05, 0) is 40.5 Å². The number of benzene rings is 1. The molecule has 0 saturated carbocycles. The van der Waals surface area contributed by atoms with E-state index in [1.54, 1.807) is 12.3 Å². The summed E-state index contributed by atoms with van der Waals surface area (Å²) in [6.45, 7) is 7.75. The first-order chi connectivity index (χ1) is 12.7. The van der Waals surface area contributed by atoms with Crippen LogP contribution < -0.4 is 5.32 Å². The number of nitrogens with zero attached hydrogens (tertiary/aromatic N) is 4. The van der Waals surface area contributed by atoms with Crippen LogP contribution in [0.1, 0.15) is 18.2 Å². The first-order valence-electron chi connectivity index (χ1n) is 8.74. The van der Waals surface area contributed by atoms with Crippen molar-refractivity contribution in [2.45, 2.75) is 20.0 Å². The standard InChI is InChI=1S/C18H23BrFN5O/c1-2-21-18(22-12-14-3-4-16(19)17(20)11-14)25-8-6-24(7-9-25)13-15-5-10-26-23-15/h3-5,10-11H,2,6-9,12-13H2,1H3,(H,21,22). The summed E-state index contributed by atoms with van der Waals surface area (Å²) in [5, 5.41) is 7.31. The van der Waals surface area contributed by atoms with E-state index in [4.69, 9.17) is 4.52 Å². The highest BCUT2D eigenvalue weighted by Gasteiger charge is 2.20. The van der Waals surface area contributed by atoms with Crippen LogP contribution in [0.2, 0.25) is 0 Å². The Bertz CT molecular complexity index is 729. The van der Waals surface area contributed by atoms with Crippen LogP contribution in [-0.4, -0.2) is 53.6 Å². The summed E-state index contributed by atoms with van der Waals surface area (Å²) in [6, 6.07) is 7.02. The Kier molecular flexibility index (Phi) is 6.62. The van der Waals surface area contributed by atoms with Gasteiger partial charge >= 0.3 is 0 Å². The summed E-state index contributed by atoms with van der Waals surface area (Å²) in [6.07, 6.45) is 1.60. The number of nitrogens with one attached hydrogen (secondary N) is 1. The summed E-state index contributed by atoms with van der Waals surface area (Å²) >= 11 is 3.18. The molecule has 0 atom stereocenters. The Morgan fingerprint density at radius 1 is 1.31 bits per heavy atom. The third-order valence-electron chi connectivity index (χ3n) is 4.28. The molecular weight excluding hydrogens is 401 g/mol. The third kappa shape index (κ3) is 5.04. The van der Waals surface area contributed by atoms with E-state index in [1.807, 2.05) is 12.1 Å². The van der Waals surface area contributed by atoms with Crippen molar-refractivity contribution in [1.29, 1.82) is 0 Å². The molecular formula is C18H23BrFN5O. The van der Waals surface area contributed by atoms with Crippen LogP contribution in [0.4, 0.5) is 4.39 Å². The van der Waals surface area contributed by atoms with Crippen molar-refractivity contribution >= 4 is 21.9 Å². The quantitative estimate of drug-likeness (QED) is 0.591. The van der Waals surface area contributed by atoms with Crippen LogP contribution >= 0.6 is 15.9 Å². The SMILES string of the molecule is CCNC(=NCc1ccc(Br)c(F)c1)N1CCN(Cc2ccon2)CC1. The first-order valence-corrected chi connectivity index (χ1v) is 9.54. The van der Waals surface area contributed by atoms with Gasteiger partial charge in [-0.25, -0.2) is 9.38 Å². The van der Waals surface area contributed by atoms with Crippen molar-refractivity contribution in [2.24, 2.45) is 4.99 Å². The summed E-state index contributed by atoms with van der Waals surface area (Å²) in [7, 11) is 0. The van der Waals surface area contributed by atoms with E-state index in [0.29, 0.717) is 11.0 Å². The smallest absolute Gasteiger partial charge is 0.194 e. The Labute approximate surface area is 161 Å². The second kappa shape index (κ2) is 9.14. The van der Waals surface area contributed by atoms with Crippen molar-refractivity contribution in [3.05, 3.63) is 52.1 Å². The van der Waals surface area contributed by atoms with Crippen LogP contribution in [0.15, 0.2) is 44.5 Å². The molecule has 26 heavy (non-hydrogen) atoms. The molecule has 2 aromatic rings. The highest BCUT2D eigenvalue weighted by molar-refractivity contribution is 9.10. The van der Waals surface area contributed by atoms with Gasteiger partial charge in [0.1, 0.15) is 12.1 Å².